The highest BCUT2D eigenvalue weighted by molar-refractivity contribution is 5.99. The summed E-state index contributed by atoms with van der Waals surface area (Å²) < 4.78 is 18.7. The Balaban J connectivity index is 1.18. The lowest BCUT2D eigenvalue weighted by atomic mass is 9.93. The van der Waals surface area contributed by atoms with Crippen LogP contribution in [0.4, 0.5) is 16.3 Å². The molecule has 10 nitrogen and oxygen atoms in total. The molecule has 0 aliphatic carbocycles. The third-order valence-corrected chi connectivity index (χ3v) is 6.19. The van der Waals surface area contributed by atoms with Crippen LogP contribution in [0.3, 0.4) is 0 Å². The molecule has 0 radical (unpaired) electrons. The second-order valence-corrected chi connectivity index (χ2v) is 10.0. The van der Waals surface area contributed by atoms with Crippen LogP contribution in [0.5, 0.6) is 5.75 Å². The molecule has 194 valence electrons. The summed E-state index contributed by atoms with van der Waals surface area (Å²) in [6.45, 7) is 11.0. The predicted octanol–water partition coefficient (Wildman–Crippen LogP) is 4.67. The third-order valence-electron chi connectivity index (χ3n) is 6.19. The maximum absolute atomic E-state index is 12.4. The number of urea groups is 1. The van der Waals surface area contributed by atoms with Crippen LogP contribution in [0.1, 0.15) is 26.5 Å². The van der Waals surface area contributed by atoms with E-state index < -0.39 is 6.03 Å². The lowest BCUT2D eigenvalue weighted by Crippen LogP contribution is -2.38. The molecule has 4 aromatic rings. The smallest absolute Gasteiger partial charge is 0.324 e. The summed E-state index contributed by atoms with van der Waals surface area (Å²) in [5.74, 6) is 1.87. The highest BCUT2D eigenvalue weighted by atomic mass is 16.5. The van der Waals surface area contributed by atoms with E-state index in [1.807, 2.05) is 67.8 Å². The van der Waals surface area contributed by atoms with Gasteiger partial charge in [0.25, 0.3) is 0 Å². The molecule has 1 saturated heterocycles. The molecule has 2 N–H and O–H groups in total. The number of nitrogens with zero attached hydrogens (tertiary/aromatic N) is 4. The number of nitrogens with one attached hydrogen (secondary N) is 2. The Morgan fingerprint density at radius 3 is 2.57 bits per heavy atom. The zero-order valence-electron chi connectivity index (χ0n) is 21.4. The second-order valence-electron chi connectivity index (χ2n) is 10.0. The van der Waals surface area contributed by atoms with Crippen LogP contribution in [-0.4, -0.2) is 65.1 Å². The van der Waals surface area contributed by atoms with Gasteiger partial charge in [-0.25, -0.2) is 9.78 Å². The van der Waals surface area contributed by atoms with Gasteiger partial charge in [0.05, 0.1) is 24.2 Å². The number of rotatable bonds is 7. The van der Waals surface area contributed by atoms with Gasteiger partial charge in [0.1, 0.15) is 24.4 Å². The fourth-order valence-electron chi connectivity index (χ4n) is 4.08. The number of hydrogen-bond acceptors (Lipinski definition) is 7. The Hall–Kier alpha value is -3.89. The topological polar surface area (TPSA) is 107 Å². The first-order valence-corrected chi connectivity index (χ1v) is 12.4. The van der Waals surface area contributed by atoms with E-state index in [2.05, 4.69) is 25.7 Å². The van der Waals surface area contributed by atoms with Gasteiger partial charge in [-0.15, -0.1) is 0 Å². The molecule has 0 saturated carbocycles. The average molecular weight is 505 g/mol. The number of carbonyl (C=O) groups is 1. The molecule has 3 heterocycles. The van der Waals surface area contributed by atoms with E-state index in [-0.39, 0.29) is 5.41 Å². The van der Waals surface area contributed by atoms with Crippen molar-refractivity contribution in [2.24, 2.45) is 0 Å². The fraction of sp³-hybridized carbons (Fsp3) is 0.370. The van der Waals surface area contributed by atoms with Crippen molar-refractivity contribution in [2.75, 3.05) is 50.1 Å². The van der Waals surface area contributed by atoms with Crippen molar-refractivity contribution in [3.63, 3.8) is 0 Å². The number of anilines is 2. The standard InChI is InChI=1S/C27H32N6O4/c1-27(2,3)24-17-25(31-37-24)30-26(34)29-19-4-6-20(7-5-19)33-18-28-22-16-21(8-9-23(22)33)36-15-12-32-10-13-35-14-11-32/h4-9,16-18H,10-15H2,1-3H3,(H2,29,30,31,34). The van der Waals surface area contributed by atoms with Gasteiger partial charge in [0, 0.05) is 48.6 Å². The number of aromatic nitrogens is 3. The van der Waals surface area contributed by atoms with E-state index in [9.17, 15) is 4.79 Å². The van der Waals surface area contributed by atoms with Crippen LogP contribution in [-0.2, 0) is 10.2 Å². The quantitative estimate of drug-likeness (QED) is 0.377. The zero-order valence-corrected chi connectivity index (χ0v) is 21.4. The van der Waals surface area contributed by atoms with Crippen molar-refractivity contribution in [2.45, 2.75) is 26.2 Å². The Kier molecular flexibility index (Phi) is 7.11. The maximum atomic E-state index is 12.4. The number of imidazole rings is 1. The normalized spacial score (nSPS) is 14.6. The van der Waals surface area contributed by atoms with Crippen molar-refractivity contribution in [1.82, 2.24) is 19.6 Å². The van der Waals surface area contributed by atoms with E-state index in [4.69, 9.17) is 14.0 Å². The Labute approximate surface area is 215 Å². The number of morpholine rings is 1. The van der Waals surface area contributed by atoms with Gasteiger partial charge in [0.15, 0.2) is 5.82 Å². The summed E-state index contributed by atoms with van der Waals surface area (Å²) in [5.41, 5.74) is 3.23. The van der Waals surface area contributed by atoms with Gasteiger partial charge in [-0.05, 0) is 36.4 Å². The van der Waals surface area contributed by atoms with Crippen LogP contribution < -0.4 is 15.4 Å². The van der Waals surface area contributed by atoms with Gasteiger partial charge < -0.3 is 19.3 Å². The highest BCUT2D eigenvalue weighted by Crippen LogP contribution is 2.25. The molecule has 1 aliphatic rings. The van der Waals surface area contributed by atoms with Crippen molar-refractivity contribution in [3.05, 3.63) is 60.6 Å². The van der Waals surface area contributed by atoms with Gasteiger partial charge in [-0.3, -0.25) is 14.8 Å². The van der Waals surface area contributed by atoms with Crippen LogP contribution in [0.15, 0.2) is 59.4 Å². The number of benzene rings is 2. The van der Waals surface area contributed by atoms with Gasteiger partial charge in [-0.1, -0.05) is 25.9 Å². The minimum Gasteiger partial charge on any atom is -0.492 e. The summed E-state index contributed by atoms with van der Waals surface area (Å²) in [6, 6.07) is 14.8. The lowest BCUT2D eigenvalue weighted by molar-refractivity contribution is 0.0322. The summed E-state index contributed by atoms with van der Waals surface area (Å²) >= 11 is 0. The highest BCUT2D eigenvalue weighted by Gasteiger charge is 2.20. The number of carbonyl (C=O) groups excluding carboxylic acids is 1. The molecule has 0 spiro atoms. The first kappa shape index (κ1) is 24.8. The minimum atomic E-state index is -0.393. The second kappa shape index (κ2) is 10.6. The molecule has 0 atom stereocenters. The molecular formula is C27H32N6O4. The van der Waals surface area contributed by atoms with E-state index in [0.717, 1.165) is 55.3 Å². The Morgan fingerprint density at radius 2 is 1.84 bits per heavy atom. The monoisotopic (exact) mass is 504 g/mol. The molecule has 2 aromatic carbocycles. The molecule has 10 heteroatoms. The molecule has 1 aliphatic heterocycles. The summed E-state index contributed by atoms with van der Waals surface area (Å²) in [7, 11) is 0. The molecular weight excluding hydrogens is 472 g/mol. The molecule has 2 amide bonds. The number of hydrogen-bond donors (Lipinski definition) is 2. The predicted molar refractivity (Wildman–Crippen MR) is 142 cm³/mol. The lowest BCUT2D eigenvalue weighted by Gasteiger charge is -2.26. The largest absolute Gasteiger partial charge is 0.492 e. The first-order valence-electron chi connectivity index (χ1n) is 12.4. The number of fused-ring (bicyclic) bond motifs is 1. The van der Waals surface area contributed by atoms with Gasteiger partial charge in [-0.2, -0.15) is 0 Å². The Bertz CT molecular complexity index is 1350. The van der Waals surface area contributed by atoms with Crippen LogP contribution in [0.25, 0.3) is 16.7 Å². The van der Waals surface area contributed by atoms with Crippen LogP contribution >= 0.6 is 0 Å². The summed E-state index contributed by atoms with van der Waals surface area (Å²) in [6.07, 6.45) is 1.79. The summed E-state index contributed by atoms with van der Waals surface area (Å²) in [4.78, 5) is 19.3. The van der Waals surface area contributed by atoms with Gasteiger partial charge >= 0.3 is 6.03 Å². The third kappa shape index (κ3) is 6.10. The van der Waals surface area contributed by atoms with Crippen molar-refractivity contribution < 1.29 is 18.8 Å². The SMILES string of the molecule is CC(C)(C)c1cc(NC(=O)Nc2ccc(-n3cnc4cc(OCCN5CCOCC5)ccc43)cc2)no1. The van der Waals surface area contributed by atoms with Crippen LogP contribution in [0.2, 0.25) is 0 Å². The van der Waals surface area contributed by atoms with E-state index in [1.54, 1.807) is 12.4 Å². The number of amides is 2. The summed E-state index contributed by atoms with van der Waals surface area (Å²) in [5, 5.41) is 9.42. The molecule has 5 rings (SSSR count). The fourth-order valence-corrected chi connectivity index (χ4v) is 4.08. The van der Waals surface area contributed by atoms with Crippen molar-refractivity contribution >= 4 is 28.6 Å². The van der Waals surface area contributed by atoms with E-state index in [1.165, 1.54) is 0 Å². The first-order chi connectivity index (χ1) is 17.8. The molecule has 37 heavy (non-hydrogen) atoms. The molecule has 2 aromatic heterocycles. The zero-order chi connectivity index (χ0) is 25.8. The van der Waals surface area contributed by atoms with E-state index in [0.29, 0.717) is 23.9 Å². The molecule has 1 fully saturated rings. The van der Waals surface area contributed by atoms with Crippen LogP contribution in [0, 0.1) is 0 Å². The number of ether oxygens (including phenoxy) is 2. The maximum Gasteiger partial charge on any atom is 0.324 e. The molecule has 0 unspecified atom stereocenters. The minimum absolute atomic E-state index is 0.186. The van der Waals surface area contributed by atoms with E-state index >= 15 is 0 Å². The molecule has 0 bridgehead atoms. The van der Waals surface area contributed by atoms with Crippen molar-refractivity contribution in [3.8, 4) is 11.4 Å². The Morgan fingerprint density at radius 1 is 1.05 bits per heavy atom. The van der Waals surface area contributed by atoms with Crippen molar-refractivity contribution in [1.29, 1.82) is 0 Å². The average Bonchev–Trinajstić information content (AvgIpc) is 3.52. The van der Waals surface area contributed by atoms with Gasteiger partial charge in [0.2, 0.25) is 0 Å².